The van der Waals surface area contributed by atoms with E-state index in [0.717, 1.165) is 0 Å². The van der Waals surface area contributed by atoms with E-state index in [9.17, 15) is 22.8 Å². The van der Waals surface area contributed by atoms with Crippen LogP contribution >= 0.6 is 11.6 Å². The maximum Gasteiger partial charge on any atom is 0.405 e. The topological polar surface area (TPSA) is 61.4 Å². The second-order valence-corrected chi connectivity index (χ2v) is 5.90. The number of halogens is 4. The summed E-state index contributed by atoms with van der Waals surface area (Å²) in [5.74, 6) is -1.09. The van der Waals surface area contributed by atoms with Gasteiger partial charge in [0.2, 0.25) is 11.8 Å². The van der Waals surface area contributed by atoms with Crippen molar-refractivity contribution in [2.45, 2.75) is 25.1 Å². The van der Waals surface area contributed by atoms with Crippen LogP contribution in [0, 0.1) is 0 Å². The highest BCUT2D eigenvalue weighted by Gasteiger charge is 2.34. The second-order valence-electron chi connectivity index (χ2n) is 5.49. The SMILES string of the molecule is O=C(CN1CCCC1C(=O)NCC(F)(F)F)Nc1ccccc1Cl. The zero-order chi connectivity index (χ0) is 17.7. The molecule has 9 heteroatoms. The Balaban J connectivity index is 1.90. The lowest BCUT2D eigenvalue weighted by Gasteiger charge is -2.23. The quantitative estimate of drug-likeness (QED) is 0.844. The Morgan fingerprint density at radius 3 is 2.67 bits per heavy atom. The largest absolute Gasteiger partial charge is 0.405 e. The Labute approximate surface area is 142 Å². The number of carbonyl (C=O) groups excluding carboxylic acids is 2. The third kappa shape index (κ3) is 5.38. The van der Waals surface area contributed by atoms with Crippen molar-refractivity contribution in [3.05, 3.63) is 29.3 Å². The molecule has 0 spiro atoms. The van der Waals surface area contributed by atoms with Gasteiger partial charge in [-0.1, -0.05) is 23.7 Å². The molecule has 132 valence electrons. The van der Waals surface area contributed by atoms with Gasteiger partial charge in [-0.15, -0.1) is 0 Å². The van der Waals surface area contributed by atoms with E-state index < -0.39 is 24.7 Å². The van der Waals surface area contributed by atoms with Crippen molar-refractivity contribution in [1.82, 2.24) is 10.2 Å². The first-order chi connectivity index (χ1) is 11.3. The predicted molar refractivity (Wildman–Crippen MR) is 83.7 cm³/mol. The van der Waals surface area contributed by atoms with Gasteiger partial charge in [0.25, 0.3) is 0 Å². The van der Waals surface area contributed by atoms with Crippen molar-refractivity contribution >= 4 is 29.1 Å². The van der Waals surface area contributed by atoms with Gasteiger partial charge in [-0.2, -0.15) is 13.2 Å². The van der Waals surface area contributed by atoms with E-state index in [1.807, 2.05) is 5.32 Å². The molecular formula is C15H17ClF3N3O2. The van der Waals surface area contributed by atoms with Crippen molar-refractivity contribution in [3.8, 4) is 0 Å². The Bertz CT molecular complexity index is 610. The standard InChI is InChI=1S/C15H17ClF3N3O2/c16-10-4-1-2-5-11(10)21-13(23)8-22-7-3-6-12(22)14(24)20-9-15(17,18)19/h1-2,4-5,12H,3,6-9H2,(H,20,24)(H,21,23). The number of nitrogens with zero attached hydrogens (tertiary/aromatic N) is 1. The lowest BCUT2D eigenvalue weighted by atomic mass is 10.2. The van der Waals surface area contributed by atoms with Gasteiger partial charge in [-0.05, 0) is 31.5 Å². The van der Waals surface area contributed by atoms with E-state index in [0.29, 0.717) is 30.1 Å². The number of para-hydroxylation sites is 1. The van der Waals surface area contributed by atoms with E-state index in [-0.39, 0.29) is 12.5 Å². The van der Waals surface area contributed by atoms with Gasteiger partial charge < -0.3 is 10.6 Å². The van der Waals surface area contributed by atoms with Crippen LogP contribution in [0.2, 0.25) is 5.02 Å². The monoisotopic (exact) mass is 363 g/mol. The maximum atomic E-state index is 12.2. The molecule has 1 aromatic carbocycles. The molecule has 0 aromatic heterocycles. The first-order valence-corrected chi connectivity index (χ1v) is 7.77. The number of hydrogen-bond donors (Lipinski definition) is 2. The van der Waals surface area contributed by atoms with Gasteiger partial charge in [-0.25, -0.2) is 0 Å². The van der Waals surface area contributed by atoms with Crippen LogP contribution in [-0.2, 0) is 9.59 Å². The molecule has 1 heterocycles. The molecule has 1 aliphatic heterocycles. The van der Waals surface area contributed by atoms with Crippen LogP contribution < -0.4 is 10.6 Å². The number of alkyl halides is 3. The highest BCUT2D eigenvalue weighted by atomic mass is 35.5. The minimum atomic E-state index is -4.46. The Morgan fingerprint density at radius 1 is 1.29 bits per heavy atom. The number of nitrogens with one attached hydrogen (secondary N) is 2. The van der Waals surface area contributed by atoms with Crippen LogP contribution in [0.1, 0.15) is 12.8 Å². The fourth-order valence-corrected chi connectivity index (χ4v) is 2.74. The minimum Gasteiger partial charge on any atom is -0.346 e. The van der Waals surface area contributed by atoms with Crippen LogP contribution in [0.4, 0.5) is 18.9 Å². The van der Waals surface area contributed by atoms with Crippen LogP contribution in [0.15, 0.2) is 24.3 Å². The van der Waals surface area contributed by atoms with E-state index in [4.69, 9.17) is 11.6 Å². The van der Waals surface area contributed by atoms with Gasteiger partial charge >= 0.3 is 6.18 Å². The molecule has 1 aliphatic rings. The van der Waals surface area contributed by atoms with Gasteiger partial charge in [-0.3, -0.25) is 14.5 Å². The van der Waals surface area contributed by atoms with Crippen LogP contribution in [0.5, 0.6) is 0 Å². The molecule has 1 atom stereocenters. The average molecular weight is 364 g/mol. The molecule has 1 fully saturated rings. The molecule has 1 saturated heterocycles. The first-order valence-electron chi connectivity index (χ1n) is 7.39. The van der Waals surface area contributed by atoms with E-state index in [1.165, 1.54) is 0 Å². The molecule has 24 heavy (non-hydrogen) atoms. The molecule has 0 bridgehead atoms. The molecule has 1 unspecified atom stereocenters. The van der Waals surface area contributed by atoms with Crippen LogP contribution in [-0.4, -0.2) is 48.6 Å². The summed E-state index contributed by atoms with van der Waals surface area (Å²) in [5.41, 5.74) is 0.446. The first kappa shape index (κ1) is 18.5. The third-order valence-corrected chi connectivity index (χ3v) is 3.95. The molecule has 0 radical (unpaired) electrons. The van der Waals surface area contributed by atoms with Crippen molar-refractivity contribution < 1.29 is 22.8 Å². The molecule has 2 N–H and O–H groups in total. The highest BCUT2D eigenvalue weighted by Crippen LogP contribution is 2.22. The third-order valence-electron chi connectivity index (χ3n) is 3.62. The van der Waals surface area contributed by atoms with E-state index >= 15 is 0 Å². The molecular weight excluding hydrogens is 347 g/mol. The van der Waals surface area contributed by atoms with Gasteiger partial charge in [0.15, 0.2) is 0 Å². The lowest BCUT2D eigenvalue weighted by molar-refractivity contribution is -0.141. The molecule has 2 rings (SSSR count). The second kappa shape index (κ2) is 7.85. The summed E-state index contributed by atoms with van der Waals surface area (Å²) in [6.45, 7) is -0.989. The number of amides is 2. The van der Waals surface area contributed by atoms with Crippen molar-refractivity contribution in [2.24, 2.45) is 0 Å². The summed E-state index contributed by atoms with van der Waals surface area (Å²) in [6.07, 6.45) is -3.40. The Morgan fingerprint density at radius 2 is 2.00 bits per heavy atom. The van der Waals surface area contributed by atoms with Gasteiger partial charge in [0.1, 0.15) is 6.54 Å². The summed E-state index contributed by atoms with van der Waals surface area (Å²) >= 11 is 5.95. The van der Waals surface area contributed by atoms with Gasteiger partial charge in [0, 0.05) is 0 Å². The number of likely N-dealkylation sites (tertiary alicyclic amines) is 1. The van der Waals surface area contributed by atoms with Crippen molar-refractivity contribution in [2.75, 3.05) is 25.0 Å². The van der Waals surface area contributed by atoms with Crippen LogP contribution in [0.3, 0.4) is 0 Å². The van der Waals surface area contributed by atoms with Crippen molar-refractivity contribution in [1.29, 1.82) is 0 Å². The summed E-state index contributed by atoms with van der Waals surface area (Å²) in [5, 5.41) is 4.88. The number of carbonyl (C=O) groups is 2. The lowest BCUT2D eigenvalue weighted by Crippen LogP contribution is -2.47. The minimum absolute atomic E-state index is 0.0880. The summed E-state index contributed by atoms with van der Waals surface area (Å²) in [7, 11) is 0. The molecule has 5 nitrogen and oxygen atoms in total. The molecule has 2 amide bonds. The summed E-state index contributed by atoms with van der Waals surface area (Å²) in [4.78, 5) is 25.5. The maximum absolute atomic E-state index is 12.2. The Hall–Kier alpha value is -1.80. The molecule has 1 aromatic rings. The summed E-state index contributed by atoms with van der Waals surface area (Å²) in [6, 6.07) is 5.96. The number of benzene rings is 1. The number of hydrogen-bond acceptors (Lipinski definition) is 3. The van der Waals surface area contributed by atoms with Crippen LogP contribution in [0.25, 0.3) is 0 Å². The normalized spacial score (nSPS) is 18.4. The van der Waals surface area contributed by atoms with E-state index in [1.54, 1.807) is 29.2 Å². The zero-order valence-corrected chi connectivity index (χ0v) is 13.5. The average Bonchev–Trinajstić information content (AvgIpc) is 2.94. The summed E-state index contributed by atoms with van der Waals surface area (Å²) < 4.78 is 36.6. The van der Waals surface area contributed by atoms with Crippen molar-refractivity contribution in [3.63, 3.8) is 0 Å². The smallest absolute Gasteiger partial charge is 0.346 e. The molecule has 0 aliphatic carbocycles. The van der Waals surface area contributed by atoms with E-state index in [2.05, 4.69) is 5.32 Å². The number of rotatable bonds is 5. The van der Waals surface area contributed by atoms with Gasteiger partial charge in [0.05, 0.1) is 23.3 Å². The zero-order valence-electron chi connectivity index (χ0n) is 12.7. The molecule has 0 saturated carbocycles. The number of anilines is 1. The fourth-order valence-electron chi connectivity index (χ4n) is 2.55. The fraction of sp³-hybridized carbons (Fsp3) is 0.467. The highest BCUT2D eigenvalue weighted by molar-refractivity contribution is 6.33. The predicted octanol–water partition coefficient (Wildman–Crippen LogP) is 2.42. The Kier molecular flexibility index (Phi) is 6.06.